The van der Waals surface area contributed by atoms with E-state index in [1.54, 1.807) is 16.2 Å². The Bertz CT molecular complexity index is 890. The number of fused-ring (bicyclic) bond motifs is 1. The van der Waals surface area contributed by atoms with Gasteiger partial charge in [0.2, 0.25) is 0 Å². The number of amides is 1. The fourth-order valence-corrected chi connectivity index (χ4v) is 4.89. The van der Waals surface area contributed by atoms with Gasteiger partial charge in [0.25, 0.3) is 5.91 Å². The van der Waals surface area contributed by atoms with Crippen LogP contribution in [-0.2, 0) is 0 Å². The molecule has 0 N–H and O–H groups in total. The van der Waals surface area contributed by atoms with Crippen molar-refractivity contribution in [2.45, 2.75) is 45.1 Å². The Morgan fingerprint density at radius 2 is 1.92 bits per heavy atom. The molecule has 130 valence electrons. The maximum Gasteiger partial charge on any atom is 0.268 e. The number of benzene rings is 1. The first-order valence-corrected chi connectivity index (χ1v) is 9.78. The van der Waals surface area contributed by atoms with Gasteiger partial charge in [0.05, 0.1) is 16.6 Å². The average Bonchev–Trinajstić information content (AvgIpc) is 3.23. The predicted molar refractivity (Wildman–Crippen MR) is 104 cm³/mol. The van der Waals surface area contributed by atoms with E-state index < -0.39 is 0 Å². The number of aryl methyl sites for hydroxylation is 1. The Kier molecular flexibility index (Phi) is 4.34. The third-order valence-corrected chi connectivity index (χ3v) is 6.26. The number of carbonyl (C=O) groups excluding carboxylic acids is 1. The molecule has 4 nitrogen and oxygen atoms in total. The van der Waals surface area contributed by atoms with Crippen LogP contribution in [0.4, 0.5) is 5.69 Å². The average molecular weight is 353 g/mol. The normalized spacial score (nSPS) is 15.6. The number of carbonyl (C=O) groups is 1. The SMILES string of the molecule is Cc1nn(C2CCCCC2)c2sc(C(=O)N(C)c3ccccc3)cc12. The molecule has 3 aromatic rings. The van der Waals surface area contributed by atoms with Crippen LogP contribution in [0.1, 0.15) is 53.5 Å². The highest BCUT2D eigenvalue weighted by Gasteiger charge is 2.23. The molecule has 0 saturated heterocycles. The molecule has 1 saturated carbocycles. The number of para-hydroxylation sites is 1. The van der Waals surface area contributed by atoms with Crippen LogP contribution in [0.2, 0.25) is 0 Å². The lowest BCUT2D eigenvalue weighted by atomic mass is 9.96. The lowest BCUT2D eigenvalue weighted by molar-refractivity contribution is 0.0997. The predicted octanol–water partition coefficient (Wildman–Crippen LogP) is 5.19. The summed E-state index contributed by atoms with van der Waals surface area (Å²) in [6, 6.07) is 12.3. The molecule has 0 bridgehead atoms. The summed E-state index contributed by atoms with van der Waals surface area (Å²) in [6.45, 7) is 2.05. The van der Waals surface area contributed by atoms with Crippen molar-refractivity contribution in [1.29, 1.82) is 0 Å². The highest BCUT2D eigenvalue weighted by atomic mass is 32.1. The summed E-state index contributed by atoms with van der Waals surface area (Å²) in [5.74, 6) is 0.0435. The van der Waals surface area contributed by atoms with E-state index in [1.807, 2.05) is 50.4 Å². The Labute approximate surface area is 152 Å². The van der Waals surface area contributed by atoms with Crippen molar-refractivity contribution in [3.8, 4) is 0 Å². The Morgan fingerprint density at radius 3 is 2.64 bits per heavy atom. The number of anilines is 1. The van der Waals surface area contributed by atoms with Crippen LogP contribution in [0.5, 0.6) is 0 Å². The van der Waals surface area contributed by atoms with Gasteiger partial charge < -0.3 is 4.90 Å². The number of thiophene rings is 1. The zero-order chi connectivity index (χ0) is 17.4. The molecule has 25 heavy (non-hydrogen) atoms. The molecule has 2 aromatic heterocycles. The maximum atomic E-state index is 12.9. The largest absolute Gasteiger partial charge is 0.311 e. The van der Waals surface area contributed by atoms with Crippen LogP contribution in [-0.4, -0.2) is 22.7 Å². The zero-order valence-electron chi connectivity index (χ0n) is 14.7. The second-order valence-electron chi connectivity index (χ2n) is 6.85. The smallest absolute Gasteiger partial charge is 0.268 e. The number of rotatable bonds is 3. The number of hydrogen-bond acceptors (Lipinski definition) is 3. The third-order valence-electron chi connectivity index (χ3n) is 5.15. The third kappa shape index (κ3) is 2.97. The first kappa shape index (κ1) is 16.3. The molecular weight excluding hydrogens is 330 g/mol. The van der Waals surface area contributed by atoms with E-state index in [2.05, 4.69) is 4.68 Å². The molecule has 1 fully saturated rings. The summed E-state index contributed by atoms with van der Waals surface area (Å²) in [4.78, 5) is 16.6. The number of hydrogen-bond donors (Lipinski definition) is 0. The zero-order valence-corrected chi connectivity index (χ0v) is 15.6. The first-order valence-electron chi connectivity index (χ1n) is 8.97. The standard InChI is InChI=1S/C20H23N3OS/c1-14-17-13-18(19(24)22(2)15-9-5-3-6-10-15)25-20(17)23(21-14)16-11-7-4-8-12-16/h3,5-6,9-10,13,16H,4,7-8,11-12H2,1-2H3. The highest BCUT2D eigenvalue weighted by Crippen LogP contribution is 2.36. The van der Waals surface area contributed by atoms with Crippen molar-refractivity contribution in [1.82, 2.24) is 9.78 Å². The summed E-state index contributed by atoms with van der Waals surface area (Å²) in [5, 5.41) is 5.90. The first-order chi connectivity index (χ1) is 12.1. The monoisotopic (exact) mass is 353 g/mol. The highest BCUT2D eigenvalue weighted by molar-refractivity contribution is 7.20. The molecule has 1 aliphatic rings. The van der Waals surface area contributed by atoms with E-state index in [9.17, 15) is 4.79 Å². The van der Waals surface area contributed by atoms with Gasteiger partial charge in [0, 0.05) is 18.1 Å². The minimum atomic E-state index is 0.0435. The summed E-state index contributed by atoms with van der Waals surface area (Å²) in [6.07, 6.45) is 6.27. The fraction of sp³-hybridized carbons (Fsp3) is 0.400. The van der Waals surface area contributed by atoms with Gasteiger partial charge in [0.1, 0.15) is 4.83 Å². The van der Waals surface area contributed by atoms with Crippen molar-refractivity contribution >= 4 is 33.1 Å². The molecular formula is C20H23N3OS. The second-order valence-corrected chi connectivity index (χ2v) is 7.88. The van der Waals surface area contributed by atoms with Gasteiger partial charge in [-0.1, -0.05) is 37.5 Å². The molecule has 1 aromatic carbocycles. The molecule has 0 spiro atoms. The molecule has 1 aliphatic carbocycles. The topological polar surface area (TPSA) is 38.1 Å². The van der Waals surface area contributed by atoms with Crippen molar-refractivity contribution < 1.29 is 4.79 Å². The Hall–Kier alpha value is -2.14. The van der Waals surface area contributed by atoms with Crippen LogP contribution < -0.4 is 4.90 Å². The van der Waals surface area contributed by atoms with E-state index in [0.29, 0.717) is 6.04 Å². The van der Waals surface area contributed by atoms with Gasteiger partial charge >= 0.3 is 0 Å². The van der Waals surface area contributed by atoms with Gasteiger partial charge in [-0.05, 0) is 38.0 Å². The quantitative estimate of drug-likeness (QED) is 0.650. The van der Waals surface area contributed by atoms with Crippen LogP contribution in [0.3, 0.4) is 0 Å². The van der Waals surface area contributed by atoms with Crippen LogP contribution >= 0.6 is 11.3 Å². The molecule has 2 heterocycles. The molecule has 0 aliphatic heterocycles. The summed E-state index contributed by atoms with van der Waals surface area (Å²) in [7, 11) is 1.84. The number of aromatic nitrogens is 2. The lowest BCUT2D eigenvalue weighted by Crippen LogP contribution is -2.25. The van der Waals surface area contributed by atoms with Crippen LogP contribution in [0, 0.1) is 6.92 Å². The fourth-order valence-electron chi connectivity index (χ4n) is 3.68. The van der Waals surface area contributed by atoms with Crippen molar-refractivity contribution in [2.75, 3.05) is 11.9 Å². The van der Waals surface area contributed by atoms with Gasteiger partial charge in [-0.15, -0.1) is 11.3 Å². The second kappa shape index (κ2) is 6.64. The van der Waals surface area contributed by atoms with Gasteiger partial charge in [-0.3, -0.25) is 9.48 Å². The maximum absolute atomic E-state index is 12.9. The minimum absolute atomic E-state index is 0.0435. The number of nitrogens with zero attached hydrogens (tertiary/aromatic N) is 3. The summed E-state index contributed by atoms with van der Waals surface area (Å²) < 4.78 is 2.19. The molecule has 4 rings (SSSR count). The van der Waals surface area contributed by atoms with Crippen molar-refractivity contribution in [3.63, 3.8) is 0 Å². The van der Waals surface area contributed by atoms with E-state index in [0.717, 1.165) is 26.5 Å². The van der Waals surface area contributed by atoms with Gasteiger partial charge in [-0.25, -0.2) is 0 Å². The van der Waals surface area contributed by atoms with Gasteiger partial charge in [-0.2, -0.15) is 5.10 Å². The lowest BCUT2D eigenvalue weighted by Gasteiger charge is -2.22. The molecule has 0 radical (unpaired) electrons. The summed E-state index contributed by atoms with van der Waals surface area (Å²) in [5.41, 5.74) is 1.94. The van der Waals surface area contributed by atoms with E-state index in [-0.39, 0.29) is 5.91 Å². The Balaban J connectivity index is 1.68. The Morgan fingerprint density at radius 1 is 1.20 bits per heavy atom. The molecule has 5 heteroatoms. The van der Waals surface area contributed by atoms with Crippen LogP contribution in [0.25, 0.3) is 10.2 Å². The van der Waals surface area contributed by atoms with Crippen LogP contribution in [0.15, 0.2) is 36.4 Å². The molecule has 0 unspecified atom stereocenters. The minimum Gasteiger partial charge on any atom is -0.311 e. The van der Waals surface area contributed by atoms with Crippen molar-refractivity contribution in [2.24, 2.45) is 0 Å². The van der Waals surface area contributed by atoms with Crippen molar-refractivity contribution in [3.05, 3.63) is 47.0 Å². The van der Waals surface area contributed by atoms with Gasteiger partial charge in [0.15, 0.2) is 0 Å². The van der Waals surface area contributed by atoms with E-state index >= 15 is 0 Å². The molecule has 0 atom stereocenters. The molecule has 1 amide bonds. The van der Waals surface area contributed by atoms with E-state index in [1.165, 1.54) is 32.1 Å². The van der Waals surface area contributed by atoms with E-state index in [4.69, 9.17) is 5.10 Å². The summed E-state index contributed by atoms with van der Waals surface area (Å²) >= 11 is 1.58.